The molecular formula is C22H30N4O2. The lowest BCUT2D eigenvalue weighted by atomic mass is 10.1. The van der Waals surface area contributed by atoms with Crippen molar-refractivity contribution < 1.29 is 9.47 Å². The van der Waals surface area contributed by atoms with E-state index in [1.54, 1.807) is 7.11 Å². The van der Waals surface area contributed by atoms with Gasteiger partial charge in [-0.3, -0.25) is 4.90 Å². The summed E-state index contributed by atoms with van der Waals surface area (Å²) < 4.78 is 11.3. The molecule has 2 aliphatic heterocycles. The Morgan fingerprint density at radius 1 is 1.18 bits per heavy atom. The van der Waals surface area contributed by atoms with Crippen LogP contribution in [0.2, 0.25) is 0 Å². The maximum absolute atomic E-state index is 5.90. The molecule has 1 unspecified atom stereocenters. The summed E-state index contributed by atoms with van der Waals surface area (Å²) in [6, 6.07) is 10.3. The highest BCUT2D eigenvalue weighted by atomic mass is 16.5. The Bertz CT molecular complexity index is 758. The number of rotatable bonds is 8. The van der Waals surface area contributed by atoms with Crippen molar-refractivity contribution in [3.8, 4) is 5.75 Å². The molecule has 0 spiro atoms. The zero-order valence-electron chi connectivity index (χ0n) is 16.7. The van der Waals surface area contributed by atoms with Crippen molar-refractivity contribution in [1.29, 1.82) is 0 Å². The fourth-order valence-corrected chi connectivity index (χ4v) is 4.06. The Labute approximate surface area is 167 Å². The first kappa shape index (κ1) is 19.2. The molecule has 2 saturated heterocycles. The van der Waals surface area contributed by atoms with Crippen LogP contribution in [-0.4, -0.2) is 54.3 Å². The van der Waals surface area contributed by atoms with Gasteiger partial charge in [0.2, 0.25) is 5.95 Å². The number of hydrogen-bond acceptors (Lipinski definition) is 6. The average Bonchev–Trinajstić information content (AvgIpc) is 3.42. The van der Waals surface area contributed by atoms with Gasteiger partial charge in [0.15, 0.2) is 0 Å². The molecule has 3 heterocycles. The molecule has 0 aliphatic carbocycles. The minimum atomic E-state index is 0.311. The fraction of sp³-hybridized carbons (Fsp3) is 0.545. The number of aromatic nitrogens is 2. The van der Waals surface area contributed by atoms with E-state index in [1.807, 2.05) is 18.3 Å². The van der Waals surface area contributed by atoms with Crippen LogP contribution in [0, 0.1) is 0 Å². The van der Waals surface area contributed by atoms with E-state index in [1.165, 1.54) is 18.4 Å². The van der Waals surface area contributed by atoms with Crippen LogP contribution in [0.25, 0.3) is 0 Å². The number of nitrogens with zero attached hydrogens (tertiary/aromatic N) is 4. The maximum atomic E-state index is 5.90. The molecule has 4 rings (SSSR count). The lowest BCUT2D eigenvalue weighted by Crippen LogP contribution is -2.32. The van der Waals surface area contributed by atoms with Crippen LogP contribution in [0.1, 0.15) is 36.9 Å². The molecule has 2 aliphatic rings. The molecule has 150 valence electrons. The van der Waals surface area contributed by atoms with Crippen LogP contribution < -0.4 is 9.64 Å². The van der Waals surface area contributed by atoms with E-state index in [9.17, 15) is 0 Å². The third-order valence-electron chi connectivity index (χ3n) is 5.50. The highest BCUT2D eigenvalue weighted by Crippen LogP contribution is 2.20. The smallest absolute Gasteiger partial charge is 0.225 e. The van der Waals surface area contributed by atoms with Gasteiger partial charge in [-0.25, -0.2) is 9.97 Å². The van der Waals surface area contributed by atoms with Crippen molar-refractivity contribution in [2.45, 2.75) is 44.9 Å². The number of anilines is 1. The maximum Gasteiger partial charge on any atom is 0.225 e. The van der Waals surface area contributed by atoms with Gasteiger partial charge in [0.25, 0.3) is 0 Å². The van der Waals surface area contributed by atoms with Gasteiger partial charge in [0.05, 0.1) is 18.9 Å². The summed E-state index contributed by atoms with van der Waals surface area (Å²) in [6.45, 7) is 5.56. The summed E-state index contributed by atoms with van der Waals surface area (Å²) in [5.74, 6) is 1.77. The monoisotopic (exact) mass is 382 g/mol. The minimum absolute atomic E-state index is 0.311. The molecule has 6 nitrogen and oxygen atoms in total. The van der Waals surface area contributed by atoms with Crippen molar-refractivity contribution in [2.75, 3.05) is 38.3 Å². The standard InChI is InChI=1S/C22H30N4O2/c1-27-20-7-4-6-18(14-20)15-25(17-21-8-5-13-28-21)16-19-9-10-23-22(24-19)26-11-2-3-12-26/h4,6-7,9-10,14,21H,2-3,5,8,11-13,15-17H2,1H3. The Kier molecular flexibility index (Phi) is 6.39. The number of hydrogen-bond donors (Lipinski definition) is 0. The SMILES string of the molecule is COc1cccc(CN(Cc2ccnc(N3CCCC3)n2)CC2CCCO2)c1. The van der Waals surface area contributed by atoms with Crippen molar-refractivity contribution in [3.63, 3.8) is 0 Å². The largest absolute Gasteiger partial charge is 0.497 e. The Balaban J connectivity index is 1.48. The molecule has 28 heavy (non-hydrogen) atoms. The van der Waals surface area contributed by atoms with E-state index < -0.39 is 0 Å². The van der Waals surface area contributed by atoms with Gasteiger partial charge in [0.1, 0.15) is 5.75 Å². The molecule has 0 amide bonds. The average molecular weight is 383 g/mol. The highest BCUT2D eigenvalue weighted by Gasteiger charge is 2.21. The molecule has 1 aromatic heterocycles. The van der Waals surface area contributed by atoms with E-state index in [0.717, 1.165) is 69.6 Å². The van der Waals surface area contributed by atoms with Crippen LogP contribution >= 0.6 is 0 Å². The van der Waals surface area contributed by atoms with Gasteiger partial charge < -0.3 is 14.4 Å². The second-order valence-electron chi connectivity index (χ2n) is 7.70. The molecule has 2 aromatic rings. The highest BCUT2D eigenvalue weighted by molar-refractivity contribution is 5.31. The van der Waals surface area contributed by atoms with Crippen LogP contribution in [0.4, 0.5) is 5.95 Å². The van der Waals surface area contributed by atoms with E-state index in [-0.39, 0.29) is 0 Å². The normalized spacial score (nSPS) is 19.5. The van der Waals surface area contributed by atoms with Crippen LogP contribution in [-0.2, 0) is 17.8 Å². The van der Waals surface area contributed by atoms with Gasteiger partial charge in [-0.05, 0) is 49.4 Å². The van der Waals surface area contributed by atoms with Crippen LogP contribution in [0.5, 0.6) is 5.75 Å². The minimum Gasteiger partial charge on any atom is -0.497 e. The van der Waals surface area contributed by atoms with Crippen molar-refractivity contribution >= 4 is 5.95 Å². The van der Waals surface area contributed by atoms with Gasteiger partial charge >= 0.3 is 0 Å². The number of methoxy groups -OCH3 is 1. The van der Waals surface area contributed by atoms with Gasteiger partial charge in [0, 0.05) is 45.5 Å². The fourth-order valence-electron chi connectivity index (χ4n) is 4.06. The van der Waals surface area contributed by atoms with Crippen LogP contribution in [0.15, 0.2) is 36.5 Å². The molecule has 1 aromatic carbocycles. The van der Waals surface area contributed by atoms with E-state index in [4.69, 9.17) is 14.5 Å². The lowest BCUT2D eigenvalue weighted by molar-refractivity contribution is 0.0674. The Hall–Kier alpha value is -2.18. The third-order valence-corrected chi connectivity index (χ3v) is 5.50. The predicted molar refractivity (Wildman–Crippen MR) is 110 cm³/mol. The molecule has 2 fully saturated rings. The summed E-state index contributed by atoms with van der Waals surface area (Å²) in [4.78, 5) is 14.1. The lowest BCUT2D eigenvalue weighted by Gasteiger charge is -2.25. The van der Waals surface area contributed by atoms with E-state index >= 15 is 0 Å². The molecule has 6 heteroatoms. The Morgan fingerprint density at radius 2 is 2.07 bits per heavy atom. The molecule has 0 N–H and O–H groups in total. The molecule has 0 bridgehead atoms. The van der Waals surface area contributed by atoms with Crippen molar-refractivity contribution in [3.05, 3.63) is 47.8 Å². The predicted octanol–water partition coefficient (Wildman–Crippen LogP) is 3.27. The van der Waals surface area contributed by atoms with Crippen molar-refractivity contribution in [2.24, 2.45) is 0 Å². The third kappa shape index (κ3) is 5.00. The first-order valence-corrected chi connectivity index (χ1v) is 10.3. The zero-order chi connectivity index (χ0) is 19.2. The summed E-state index contributed by atoms with van der Waals surface area (Å²) in [5, 5.41) is 0. The number of benzene rings is 1. The molecule has 0 radical (unpaired) electrons. The first-order chi connectivity index (χ1) is 13.8. The van der Waals surface area contributed by atoms with E-state index in [0.29, 0.717) is 6.10 Å². The zero-order valence-corrected chi connectivity index (χ0v) is 16.7. The van der Waals surface area contributed by atoms with Gasteiger partial charge in [-0.15, -0.1) is 0 Å². The molecular weight excluding hydrogens is 352 g/mol. The summed E-state index contributed by atoms with van der Waals surface area (Å²) in [6.07, 6.45) is 6.96. The second-order valence-corrected chi connectivity index (χ2v) is 7.70. The molecule has 1 atom stereocenters. The summed E-state index contributed by atoms with van der Waals surface area (Å²) >= 11 is 0. The first-order valence-electron chi connectivity index (χ1n) is 10.3. The number of ether oxygens (including phenoxy) is 2. The van der Waals surface area contributed by atoms with Gasteiger partial charge in [-0.1, -0.05) is 12.1 Å². The topological polar surface area (TPSA) is 50.7 Å². The van der Waals surface area contributed by atoms with Gasteiger partial charge in [-0.2, -0.15) is 0 Å². The quantitative estimate of drug-likeness (QED) is 0.698. The van der Waals surface area contributed by atoms with E-state index in [2.05, 4.69) is 33.0 Å². The second kappa shape index (κ2) is 9.34. The Morgan fingerprint density at radius 3 is 2.86 bits per heavy atom. The summed E-state index contributed by atoms with van der Waals surface area (Å²) in [7, 11) is 1.71. The van der Waals surface area contributed by atoms with Crippen LogP contribution in [0.3, 0.4) is 0 Å². The van der Waals surface area contributed by atoms with Crippen molar-refractivity contribution in [1.82, 2.24) is 14.9 Å². The summed E-state index contributed by atoms with van der Waals surface area (Å²) in [5.41, 5.74) is 2.31. The molecule has 0 saturated carbocycles.